The van der Waals surface area contributed by atoms with Crippen LogP contribution in [0.5, 0.6) is 0 Å². The Labute approximate surface area is 603 Å². The fourth-order valence-corrected chi connectivity index (χ4v) is 16.8. The van der Waals surface area contributed by atoms with Crippen molar-refractivity contribution in [1.82, 2.24) is 18.7 Å². The third-order valence-electron chi connectivity index (χ3n) is 21.4. The van der Waals surface area contributed by atoms with E-state index in [9.17, 15) is 0 Å². The highest BCUT2D eigenvalue weighted by atomic mass is 35.5. The maximum absolute atomic E-state index is 6.46. The lowest BCUT2D eigenvalue weighted by atomic mass is 10.0. The van der Waals surface area contributed by atoms with E-state index in [4.69, 9.17) is 29.3 Å². The Hall–Kier alpha value is -13.8. The van der Waals surface area contributed by atoms with Crippen LogP contribution in [0.4, 0.5) is 0 Å². The van der Waals surface area contributed by atoms with Crippen LogP contribution in [0.25, 0.3) is 214 Å². The molecule has 8 nitrogen and oxygen atoms in total. The minimum absolute atomic E-state index is 0.693. The zero-order valence-electron chi connectivity index (χ0n) is 56.2. The van der Waals surface area contributed by atoms with Crippen molar-refractivity contribution in [2.45, 2.75) is 0 Å². The molecule has 0 bridgehead atoms. The molecule has 9 heteroatoms. The summed E-state index contributed by atoms with van der Waals surface area (Å²) in [4.78, 5) is 3.53. The maximum Gasteiger partial charge on any atom is 0.147 e. The number of furan rings is 4. The molecule has 492 valence electrons. The third kappa shape index (κ3) is 9.20. The van der Waals surface area contributed by atoms with Crippen LogP contribution < -0.4 is 0 Å². The summed E-state index contributed by atoms with van der Waals surface area (Å²) < 4.78 is 31.9. The first-order valence-corrected chi connectivity index (χ1v) is 35.7. The molecule has 105 heavy (non-hydrogen) atoms. The van der Waals surface area contributed by atoms with Crippen LogP contribution in [-0.2, 0) is 0 Å². The summed E-state index contributed by atoms with van der Waals surface area (Å²) in [6.45, 7) is 0. The first kappa shape index (κ1) is 59.0. The number of hydrogen-bond donors (Lipinski definition) is 1. The molecule has 0 saturated carbocycles. The zero-order valence-corrected chi connectivity index (χ0v) is 56.9. The average Bonchev–Trinajstić information content (AvgIpc) is 1.58. The van der Waals surface area contributed by atoms with E-state index in [1.54, 1.807) is 0 Å². The number of nitrogens with zero attached hydrogens (tertiary/aromatic N) is 3. The van der Waals surface area contributed by atoms with E-state index < -0.39 is 0 Å². The van der Waals surface area contributed by atoms with Crippen LogP contribution in [-0.4, -0.2) is 18.7 Å². The first-order valence-electron chi connectivity index (χ1n) is 35.4. The normalized spacial score (nSPS) is 12.0. The lowest BCUT2D eigenvalue weighted by Gasteiger charge is -2.09. The fourth-order valence-electron chi connectivity index (χ4n) is 16.7. The first-order chi connectivity index (χ1) is 52.0. The number of rotatable bonds is 5. The van der Waals surface area contributed by atoms with Gasteiger partial charge in [0.05, 0.1) is 43.9 Å². The van der Waals surface area contributed by atoms with Crippen LogP contribution >= 0.6 is 11.6 Å². The quantitative estimate of drug-likeness (QED) is 0.186. The van der Waals surface area contributed by atoms with Gasteiger partial charge in [0, 0.05) is 109 Å². The van der Waals surface area contributed by atoms with Gasteiger partial charge < -0.3 is 36.4 Å². The van der Waals surface area contributed by atoms with Crippen molar-refractivity contribution in [2.24, 2.45) is 0 Å². The Kier molecular flexibility index (Phi) is 13.0. The van der Waals surface area contributed by atoms with Gasteiger partial charge in [-0.2, -0.15) is 0 Å². The van der Waals surface area contributed by atoms with Gasteiger partial charge in [-0.15, -0.1) is 0 Å². The SMILES string of the molecule is Clc1ccc2oc3ccc4c5ccccc5oc4c3c2c1.c1ccc(-n2c3ccccc3c3cc(-c4ccc5[nH]c6ccccc6c5c4)ccc32)cc1.c1ccc(-n2c3ccccc3c3cc(-c4ccc5c(c4)c4ccccc4n5-c4ccc5oc6ccc7c8ccccc8oc7c6c5c4)ccc32)cc1. The maximum atomic E-state index is 6.46. The van der Waals surface area contributed by atoms with Crippen LogP contribution in [0, 0.1) is 0 Å². The molecule has 0 aliphatic heterocycles. The predicted octanol–water partition coefficient (Wildman–Crippen LogP) is 27.6. The second-order valence-corrected chi connectivity index (χ2v) is 27.6. The number of halogens is 1. The molecular weight excluding hydrogens is 1310 g/mol. The minimum Gasteiger partial charge on any atom is -0.456 e. The zero-order chi connectivity index (χ0) is 69.0. The van der Waals surface area contributed by atoms with E-state index in [1.165, 1.54) is 110 Å². The molecule has 24 rings (SSSR count). The average molecular weight is 1370 g/mol. The Bertz CT molecular complexity index is 7690. The van der Waals surface area contributed by atoms with Crippen molar-refractivity contribution in [3.05, 3.63) is 345 Å². The number of hydrogen-bond acceptors (Lipinski definition) is 4. The molecule has 0 spiro atoms. The Balaban J connectivity index is 0.000000110. The summed E-state index contributed by atoms with van der Waals surface area (Å²) in [6, 6.07) is 120. The highest BCUT2D eigenvalue weighted by molar-refractivity contribution is 6.32. The van der Waals surface area contributed by atoms with Crippen molar-refractivity contribution in [1.29, 1.82) is 0 Å². The second kappa shape index (κ2) is 23.1. The molecule has 0 fully saturated rings. The summed E-state index contributed by atoms with van der Waals surface area (Å²) >= 11 is 6.13. The van der Waals surface area contributed by atoms with Crippen LogP contribution in [0.15, 0.2) is 357 Å². The second-order valence-electron chi connectivity index (χ2n) is 27.2. The topological polar surface area (TPSA) is 83.1 Å². The monoisotopic (exact) mass is 1360 g/mol. The van der Waals surface area contributed by atoms with Gasteiger partial charge in [0.15, 0.2) is 0 Å². The van der Waals surface area contributed by atoms with Gasteiger partial charge in [0.25, 0.3) is 0 Å². The van der Waals surface area contributed by atoms with Gasteiger partial charge in [0.2, 0.25) is 0 Å². The molecule has 1 N–H and O–H groups in total. The highest BCUT2D eigenvalue weighted by Crippen LogP contribution is 2.45. The van der Waals surface area contributed by atoms with Crippen molar-refractivity contribution < 1.29 is 17.7 Å². The molecule has 0 unspecified atom stereocenters. The van der Waals surface area contributed by atoms with Crippen LogP contribution in [0.3, 0.4) is 0 Å². The lowest BCUT2D eigenvalue weighted by Crippen LogP contribution is -1.93. The van der Waals surface area contributed by atoms with Gasteiger partial charge in [-0.05, 0) is 192 Å². The van der Waals surface area contributed by atoms with Crippen molar-refractivity contribution >= 4 is 187 Å². The van der Waals surface area contributed by atoms with Crippen molar-refractivity contribution in [2.75, 3.05) is 0 Å². The number of fused-ring (bicyclic) bond motifs is 26. The van der Waals surface area contributed by atoms with Gasteiger partial charge in [-0.25, -0.2) is 0 Å². The van der Waals surface area contributed by atoms with E-state index >= 15 is 0 Å². The number of benzene rings is 16. The summed E-state index contributed by atoms with van der Waals surface area (Å²) in [5.74, 6) is 0. The summed E-state index contributed by atoms with van der Waals surface area (Å²) in [5.41, 5.74) is 24.7. The molecule has 16 aromatic carbocycles. The molecule has 0 atom stereocenters. The molecule has 8 aromatic heterocycles. The standard InChI is InChI=1S/C48H28N2O2.C30H20N2.C18H9ClO2/c1-2-10-31(11-3-1)49-40-15-7-4-12-33(40)37-26-29(18-22-42(37)49)30-19-23-43-38(27-30)34-13-5-8-16-41(34)50(43)32-20-24-45-39(28-32)47-46(51-45)25-21-36-35-14-6-9-17-44(35)52-48(36)47;1-2-8-22(9-3-1)32-29-13-7-5-11-24(29)26-19-21(15-17-30(26)32)20-14-16-28-25(18-20)23-10-4-6-12-27(23)31-28;19-10-5-7-15-13(9-10)17-16(20-15)8-6-12-11-3-1-2-4-14(11)21-18(12)17/h1-28H;1-19,31H;1-9H. The third-order valence-corrected chi connectivity index (χ3v) is 21.6. The van der Waals surface area contributed by atoms with Crippen molar-refractivity contribution in [3.8, 4) is 39.3 Å². The Morgan fingerprint density at radius 3 is 1.08 bits per heavy atom. The molecule has 0 saturated heterocycles. The molecule has 8 heterocycles. The fraction of sp³-hybridized carbons (Fsp3) is 0. The molecule has 0 aliphatic rings. The Morgan fingerprint density at radius 1 is 0.210 bits per heavy atom. The smallest absolute Gasteiger partial charge is 0.147 e. The van der Waals surface area contributed by atoms with E-state index in [1.807, 2.05) is 60.7 Å². The lowest BCUT2D eigenvalue weighted by molar-refractivity contribution is 0.662. The summed E-state index contributed by atoms with van der Waals surface area (Å²) in [5, 5.41) is 19.2. The molecule has 0 amide bonds. The van der Waals surface area contributed by atoms with Gasteiger partial charge in [-0.3, -0.25) is 0 Å². The molecule has 0 aliphatic carbocycles. The van der Waals surface area contributed by atoms with E-state index in [0.717, 1.165) is 104 Å². The largest absolute Gasteiger partial charge is 0.456 e. The number of H-pyrrole nitrogens is 1. The number of para-hydroxylation sites is 8. The van der Waals surface area contributed by atoms with E-state index in [-0.39, 0.29) is 0 Å². The summed E-state index contributed by atoms with van der Waals surface area (Å²) in [6.07, 6.45) is 0. The van der Waals surface area contributed by atoms with Crippen LogP contribution in [0.1, 0.15) is 0 Å². The number of aromatic nitrogens is 4. The predicted molar refractivity (Wildman–Crippen MR) is 437 cm³/mol. The molecule has 0 radical (unpaired) electrons. The van der Waals surface area contributed by atoms with Gasteiger partial charge >= 0.3 is 0 Å². The van der Waals surface area contributed by atoms with Crippen LogP contribution in [0.2, 0.25) is 5.02 Å². The Morgan fingerprint density at radius 2 is 0.571 bits per heavy atom. The van der Waals surface area contributed by atoms with Gasteiger partial charge in [-0.1, -0.05) is 181 Å². The van der Waals surface area contributed by atoms with Gasteiger partial charge in [0.1, 0.15) is 44.7 Å². The van der Waals surface area contributed by atoms with E-state index in [0.29, 0.717) is 5.02 Å². The minimum atomic E-state index is 0.693. The summed E-state index contributed by atoms with van der Waals surface area (Å²) in [7, 11) is 0. The molecular formula is C96H57ClN4O4. The van der Waals surface area contributed by atoms with Crippen molar-refractivity contribution in [3.63, 3.8) is 0 Å². The van der Waals surface area contributed by atoms with E-state index in [2.05, 4.69) is 298 Å². The highest BCUT2D eigenvalue weighted by Gasteiger charge is 2.22. The molecule has 24 aromatic rings. The number of aromatic amines is 1. The number of nitrogens with one attached hydrogen (secondary N) is 1.